The molecule has 0 aliphatic carbocycles. The van der Waals surface area contributed by atoms with Crippen molar-refractivity contribution in [2.24, 2.45) is 20.7 Å². The van der Waals surface area contributed by atoms with Gasteiger partial charge < -0.3 is 15.5 Å². The molecule has 2 N–H and O–H groups in total. The lowest BCUT2D eigenvalue weighted by molar-refractivity contribution is -0.120. The quantitative estimate of drug-likeness (QED) is 0.252. The molecule has 0 radical (unpaired) electrons. The summed E-state index contributed by atoms with van der Waals surface area (Å²) in [7, 11) is 3.35. The van der Waals surface area contributed by atoms with Crippen LogP contribution in [0.3, 0.4) is 0 Å². The molecule has 0 bridgehead atoms. The third-order valence-electron chi connectivity index (χ3n) is 6.85. The number of benzodiazepines with no additional fused rings is 2. The summed E-state index contributed by atoms with van der Waals surface area (Å²) in [6.45, 7) is 0. The molecule has 4 heterocycles. The van der Waals surface area contributed by atoms with Gasteiger partial charge in [0, 0.05) is 71.2 Å². The van der Waals surface area contributed by atoms with Gasteiger partial charge in [-0.05, 0) is 72.9 Å². The van der Waals surface area contributed by atoms with Crippen molar-refractivity contribution in [2.75, 3.05) is 23.9 Å². The standard InChI is InChI=1S/C16H11ClN4OS.C15H13ClN4O/c1-21-13-5-4-11(17)7-12(13)14(10-3-2-6-18-8-10)20-15(16(21)22)19-9-23;1-20-12-5-4-10(16)7-11(12)13(19-14(17)15(20)21)9-3-2-6-18-8-9/h2-8,15H,1H3;2-8,14H,17H2,1H3. The summed E-state index contributed by atoms with van der Waals surface area (Å²) >= 11 is 16.9. The Hall–Kier alpha value is -4.64. The Morgan fingerprint density at radius 1 is 0.795 bits per heavy atom. The summed E-state index contributed by atoms with van der Waals surface area (Å²) in [5, 5.41) is 3.36. The monoisotopic (exact) mass is 642 g/mol. The summed E-state index contributed by atoms with van der Waals surface area (Å²) in [6, 6.07) is 17.9. The first-order valence-corrected chi connectivity index (χ1v) is 14.3. The van der Waals surface area contributed by atoms with Gasteiger partial charge in [-0.15, -0.1) is 0 Å². The van der Waals surface area contributed by atoms with E-state index in [-0.39, 0.29) is 11.8 Å². The summed E-state index contributed by atoms with van der Waals surface area (Å²) in [5.41, 5.74) is 11.6. The zero-order chi connectivity index (χ0) is 31.4. The number of nitrogens with two attached hydrogens (primary N) is 1. The van der Waals surface area contributed by atoms with E-state index in [2.05, 4.69) is 42.3 Å². The second kappa shape index (κ2) is 13.3. The molecule has 0 saturated carbocycles. The number of pyridine rings is 2. The van der Waals surface area contributed by atoms with Crippen molar-refractivity contribution >= 4 is 75.2 Å². The number of halogens is 2. The Kier molecular flexibility index (Phi) is 9.34. The Labute approximate surface area is 268 Å². The van der Waals surface area contributed by atoms with Crippen LogP contribution in [0, 0.1) is 0 Å². The van der Waals surface area contributed by atoms with Gasteiger partial charge in [0.2, 0.25) is 6.17 Å². The molecular weight excluding hydrogens is 619 g/mol. The topological polar surface area (TPSA) is 130 Å². The van der Waals surface area contributed by atoms with Crippen LogP contribution in [-0.2, 0) is 9.59 Å². The van der Waals surface area contributed by atoms with Crippen LogP contribution in [0.1, 0.15) is 22.3 Å². The predicted octanol–water partition coefficient (Wildman–Crippen LogP) is 4.81. The van der Waals surface area contributed by atoms with E-state index in [0.717, 1.165) is 27.9 Å². The largest absolute Gasteiger partial charge is 0.312 e. The van der Waals surface area contributed by atoms with Crippen molar-refractivity contribution < 1.29 is 9.59 Å². The second-order valence-corrected chi connectivity index (χ2v) is 10.7. The molecule has 220 valence electrons. The smallest absolute Gasteiger partial charge is 0.274 e. The summed E-state index contributed by atoms with van der Waals surface area (Å²) in [4.78, 5) is 48.7. The van der Waals surface area contributed by atoms with Crippen molar-refractivity contribution in [3.8, 4) is 0 Å². The number of thiocarbonyl (C=S) groups is 1. The lowest BCUT2D eigenvalue weighted by Gasteiger charge is -2.19. The van der Waals surface area contributed by atoms with Crippen molar-refractivity contribution in [3.05, 3.63) is 118 Å². The average molecular weight is 644 g/mol. The normalized spacial score (nSPS) is 17.5. The fourth-order valence-electron chi connectivity index (χ4n) is 4.70. The van der Waals surface area contributed by atoms with Crippen molar-refractivity contribution in [1.29, 1.82) is 0 Å². The first kappa shape index (κ1) is 30.8. The summed E-state index contributed by atoms with van der Waals surface area (Å²) in [5.74, 6) is -0.553. The van der Waals surface area contributed by atoms with E-state index >= 15 is 0 Å². The van der Waals surface area contributed by atoms with Gasteiger partial charge in [0.05, 0.1) is 28.0 Å². The minimum absolute atomic E-state index is 0.266. The number of hydrogen-bond donors (Lipinski definition) is 1. The van der Waals surface area contributed by atoms with Crippen LogP contribution in [0.4, 0.5) is 11.4 Å². The van der Waals surface area contributed by atoms with E-state index in [1.807, 2.05) is 18.2 Å². The van der Waals surface area contributed by atoms with Gasteiger partial charge in [0.15, 0.2) is 6.17 Å². The van der Waals surface area contributed by atoms with Crippen LogP contribution in [0.25, 0.3) is 0 Å². The number of rotatable bonds is 3. The first-order chi connectivity index (χ1) is 21.2. The molecule has 2 amide bonds. The van der Waals surface area contributed by atoms with Crippen LogP contribution < -0.4 is 15.5 Å². The maximum atomic E-state index is 12.5. The number of nitrogens with zero attached hydrogens (tertiary/aromatic N) is 7. The van der Waals surface area contributed by atoms with Gasteiger partial charge in [-0.25, -0.2) is 4.99 Å². The molecule has 4 aromatic rings. The average Bonchev–Trinajstić information content (AvgIpc) is 3.20. The van der Waals surface area contributed by atoms with Gasteiger partial charge in [0.25, 0.3) is 11.8 Å². The first-order valence-electron chi connectivity index (χ1n) is 13.1. The van der Waals surface area contributed by atoms with E-state index in [4.69, 9.17) is 28.9 Å². The maximum Gasteiger partial charge on any atom is 0.274 e. The molecule has 6 rings (SSSR count). The lowest BCUT2D eigenvalue weighted by Crippen LogP contribution is -2.39. The van der Waals surface area contributed by atoms with Crippen molar-refractivity contribution in [2.45, 2.75) is 12.3 Å². The number of isothiocyanates is 1. The van der Waals surface area contributed by atoms with Crippen LogP contribution in [0.5, 0.6) is 0 Å². The van der Waals surface area contributed by atoms with Gasteiger partial charge in [-0.2, -0.15) is 4.99 Å². The number of likely N-dealkylation sites (N-methyl/N-ethyl adjacent to an activating group) is 2. The SMILES string of the molecule is CN1C(=O)C(N)N=C(c2cccnc2)c2cc(Cl)ccc21.CN1C(=O)C(N=C=S)N=C(c2cccnc2)c2cc(Cl)ccc21. The molecule has 0 saturated heterocycles. The molecule has 13 heteroatoms. The third kappa shape index (κ3) is 6.33. The highest BCUT2D eigenvalue weighted by Crippen LogP contribution is 2.31. The number of amides is 2. The highest BCUT2D eigenvalue weighted by molar-refractivity contribution is 7.78. The molecular formula is C31H24Cl2N8O2S. The van der Waals surface area contributed by atoms with Crippen LogP contribution in [0.15, 0.2) is 100 Å². The van der Waals surface area contributed by atoms with Gasteiger partial charge in [-0.1, -0.05) is 23.2 Å². The van der Waals surface area contributed by atoms with E-state index in [0.29, 0.717) is 27.2 Å². The van der Waals surface area contributed by atoms with Gasteiger partial charge in [0.1, 0.15) is 0 Å². The molecule has 2 aromatic carbocycles. The molecule has 2 unspecified atom stereocenters. The highest BCUT2D eigenvalue weighted by Gasteiger charge is 2.30. The highest BCUT2D eigenvalue weighted by atomic mass is 35.5. The van der Waals surface area contributed by atoms with E-state index in [1.54, 1.807) is 81.3 Å². The van der Waals surface area contributed by atoms with Crippen molar-refractivity contribution in [1.82, 2.24) is 9.97 Å². The number of aliphatic imine (C=N–C) groups is 3. The predicted molar refractivity (Wildman–Crippen MR) is 176 cm³/mol. The number of carbonyl (C=O) groups is 2. The molecule has 2 aliphatic rings. The number of carbonyl (C=O) groups excluding carboxylic acids is 2. The molecule has 2 aromatic heterocycles. The summed E-state index contributed by atoms with van der Waals surface area (Å²) < 4.78 is 0. The number of aromatic nitrogens is 2. The Morgan fingerprint density at radius 2 is 1.30 bits per heavy atom. The number of fused-ring (bicyclic) bond motifs is 2. The molecule has 0 fully saturated rings. The fourth-order valence-corrected chi connectivity index (χ4v) is 5.14. The number of anilines is 2. The maximum absolute atomic E-state index is 12.5. The number of hydrogen-bond acceptors (Lipinski definition) is 9. The van der Waals surface area contributed by atoms with E-state index < -0.39 is 12.3 Å². The zero-order valence-electron chi connectivity index (χ0n) is 23.4. The molecule has 2 atom stereocenters. The Morgan fingerprint density at radius 3 is 1.77 bits per heavy atom. The van der Waals surface area contributed by atoms with Crippen LogP contribution in [-0.4, -0.2) is 64.8 Å². The molecule has 10 nitrogen and oxygen atoms in total. The lowest BCUT2D eigenvalue weighted by atomic mass is 10.0. The molecule has 44 heavy (non-hydrogen) atoms. The summed E-state index contributed by atoms with van der Waals surface area (Å²) in [6.07, 6.45) is 4.79. The van der Waals surface area contributed by atoms with Gasteiger partial charge in [-0.3, -0.25) is 24.5 Å². The molecule has 0 spiro atoms. The fraction of sp³-hybridized carbons (Fsp3) is 0.129. The zero-order valence-corrected chi connectivity index (χ0v) is 25.8. The molecule has 2 aliphatic heterocycles. The van der Waals surface area contributed by atoms with Crippen LogP contribution >= 0.6 is 35.4 Å². The Bertz CT molecular complexity index is 1850. The number of benzene rings is 2. The van der Waals surface area contributed by atoms with E-state index in [9.17, 15) is 9.59 Å². The van der Waals surface area contributed by atoms with Gasteiger partial charge >= 0.3 is 0 Å². The minimum Gasteiger partial charge on any atom is -0.312 e. The van der Waals surface area contributed by atoms with E-state index in [1.165, 1.54) is 9.80 Å². The van der Waals surface area contributed by atoms with Crippen LogP contribution in [0.2, 0.25) is 10.0 Å². The Balaban J connectivity index is 0.000000175. The van der Waals surface area contributed by atoms with Crippen molar-refractivity contribution in [3.63, 3.8) is 0 Å². The third-order valence-corrected chi connectivity index (χ3v) is 7.43. The minimum atomic E-state index is -0.973. The second-order valence-electron chi connectivity index (χ2n) is 9.60.